The van der Waals surface area contributed by atoms with E-state index in [1.807, 2.05) is 0 Å². The van der Waals surface area contributed by atoms with Gasteiger partial charge in [0.2, 0.25) is 0 Å². The minimum absolute atomic E-state index is 0.645. The molecule has 0 aliphatic heterocycles. The molecule has 0 bridgehead atoms. The standard InChI is InChI=1S/C15H20BrNO/c1-2-8-18-9-7-17-13-10-12(11-13)14-5-3-4-6-15(14)16/h2-6,12-13,17H,1,7-11H2. The van der Waals surface area contributed by atoms with Gasteiger partial charge in [-0.15, -0.1) is 6.58 Å². The third kappa shape index (κ3) is 3.67. The van der Waals surface area contributed by atoms with E-state index in [4.69, 9.17) is 4.74 Å². The van der Waals surface area contributed by atoms with Gasteiger partial charge >= 0.3 is 0 Å². The summed E-state index contributed by atoms with van der Waals surface area (Å²) in [4.78, 5) is 0. The van der Waals surface area contributed by atoms with Gasteiger partial charge in [-0.25, -0.2) is 0 Å². The van der Waals surface area contributed by atoms with Crippen LogP contribution in [0.3, 0.4) is 0 Å². The van der Waals surface area contributed by atoms with E-state index in [1.165, 1.54) is 22.9 Å². The van der Waals surface area contributed by atoms with Gasteiger partial charge in [-0.1, -0.05) is 40.2 Å². The van der Waals surface area contributed by atoms with Crippen molar-refractivity contribution in [3.8, 4) is 0 Å². The number of hydrogen-bond donors (Lipinski definition) is 1. The Morgan fingerprint density at radius 2 is 2.17 bits per heavy atom. The molecule has 2 nitrogen and oxygen atoms in total. The monoisotopic (exact) mass is 309 g/mol. The Hall–Kier alpha value is -0.640. The second-order valence-corrected chi connectivity index (χ2v) is 5.56. The Labute approximate surface area is 118 Å². The summed E-state index contributed by atoms with van der Waals surface area (Å²) >= 11 is 3.62. The zero-order valence-electron chi connectivity index (χ0n) is 10.6. The quantitative estimate of drug-likeness (QED) is 0.615. The summed E-state index contributed by atoms with van der Waals surface area (Å²) in [6.45, 7) is 5.97. The molecule has 0 amide bonds. The molecule has 1 aromatic rings. The van der Waals surface area contributed by atoms with Crippen molar-refractivity contribution in [1.29, 1.82) is 0 Å². The van der Waals surface area contributed by atoms with Crippen LogP contribution < -0.4 is 5.32 Å². The first-order valence-electron chi connectivity index (χ1n) is 6.47. The minimum Gasteiger partial charge on any atom is -0.376 e. The summed E-state index contributed by atoms with van der Waals surface area (Å²) in [5.74, 6) is 0.701. The van der Waals surface area contributed by atoms with Crippen LogP contribution in [0.1, 0.15) is 24.3 Å². The fourth-order valence-corrected chi connectivity index (χ4v) is 2.96. The van der Waals surface area contributed by atoms with Crippen molar-refractivity contribution < 1.29 is 4.74 Å². The highest BCUT2D eigenvalue weighted by molar-refractivity contribution is 9.10. The first-order valence-corrected chi connectivity index (χ1v) is 7.27. The molecule has 0 spiro atoms. The van der Waals surface area contributed by atoms with Gasteiger partial charge in [0, 0.05) is 17.1 Å². The molecule has 1 aliphatic rings. The molecule has 0 heterocycles. The SMILES string of the molecule is C=CCOCCNC1CC(c2ccccc2Br)C1. The molecule has 0 radical (unpaired) electrons. The van der Waals surface area contributed by atoms with E-state index in [1.54, 1.807) is 6.08 Å². The van der Waals surface area contributed by atoms with Crippen LogP contribution in [0.25, 0.3) is 0 Å². The van der Waals surface area contributed by atoms with Gasteiger partial charge in [-0.05, 0) is 30.4 Å². The minimum atomic E-state index is 0.645. The third-order valence-electron chi connectivity index (χ3n) is 3.40. The average molecular weight is 310 g/mol. The molecule has 98 valence electrons. The van der Waals surface area contributed by atoms with Gasteiger partial charge in [0.25, 0.3) is 0 Å². The molecule has 1 N–H and O–H groups in total. The Balaban J connectivity index is 1.65. The van der Waals surface area contributed by atoms with Crippen molar-refractivity contribution >= 4 is 15.9 Å². The summed E-state index contributed by atoms with van der Waals surface area (Å²) < 4.78 is 6.58. The topological polar surface area (TPSA) is 21.3 Å². The van der Waals surface area contributed by atoms with Crippen molar-refractivity contribution in [2.45, 2.75) is 24.8 Å². The molecule has 0 saturated heterocycles. The Bertz CT molecular complexity index is 388. The first-order chi connectivity index (χ1) is 8.81. The third-order valence-corrected chi connectivity index (χ3v) is 4.12. The Morgan fingerprint density at radius 1 is 1.39 bits per heavy atom. The zero-order valence-corrected chi connectivity index (χ0v) is 12.2. The second kappa shape index (κ2) is 7.07. The van der Waals surface area contributed by atoms with Crippen molar-refractivity contribution in [3.05, 3.63) is 47.0 Å². The van der Waals surface area contributed by atoms with Crippen molar-refractivity contribution in [3.63, 3.8) is 0 Å². The van der Waals surface area contributed by atoms with Crippen LogP contribution in [0.15, 0.2) is 41.4 Å². The van der Waals surface area contributed by atoms with Crippen LogP contribution in [0.2, 0.25) is 0 Å². The number of nitrogens with one attached hydrogen (secondary N) is 1. The summed E-state index contributed by atoms with van der Waals surface area (Å²) in [5.41, 5.74) is 1.44. The van der Waals surface area contributed by atoms with Crippen LogP contribution in [0, 0.1) is 0 Å². The van der Waals surface area contributed by atoms with Crippen molar-refractivity contribution in [1.82, 2.24) is 5.32 Å². The van der Waals surface area contributed by atoms with Crippen LogP contribution in [0.5, 0.6) is 0 Å². The summed E-state index contributed by atoms with van der Waals surface area (Å²) in [5, 5.41) is 3.52. The molecule has 3 heteroatoms. The van der Waals surface area contributed by atoms with Gasteiger partial charge in [-0.2, -0.15) is 0 Å². The van der Waals surface area contributed by atoms with E-state index in [0.717, 1.165) is 13.2 Å². The lowest BCUT2D eigenvalue weighted by molar-refractivity contribution is 0.154. The largest absolute Gasteiger partial charge is 0.376 e. The van der Waals surface area contributed by atoms with E-state index in [0.29, 0.717) is 18.6 Å². The van der Waals surface area contributed by atoms with Gasteiger partial charge in [-0.3, -0.25) is 0 Å². The number of benzene rings is 1. The number of halogens is 1. The average Bonchev–Trinajstić information content (AvgIpc) is 2.33. The van der Waals surface area contributed by atoms with Crippen molar-refractivity contribution in [2.24, 2.45) is 0 Å². The molecule has 2 rings (SSSR count). The summed E-state index contributed by atoms with van der Waals surface area (Å²) in [6.07, 6.45) is 4.24. The van der Waals surface area contributed by atoms with Crippen LogP contribution in [-0.4, -0.2) is 25.8 Å². The van der Waals surface area contributed by atoms with Crippen LogP contribution in [0.4, 0.5) is 0 Å². The second-order valence-electron chi connectivity index (χ2n) is 4.70. The lowest BCUT2D eigenvalue weighted by Gasteiger charge is -2.37. The maximum Gasteiger partial charge on any atom is 0.0645 e. The molecule has 1 saturated carbocycles. The van der Waals surface area contributed by atoms with Crippen LogP contribution >= 0.6 is 15.9 Å². The summed E-state index contributed by atoms with van der Waals surface area (Å²) in [6, 6.07) is 9.18. The van der Waals surface area contributed by atoms with Gasteiger partial charge in [0.15, 0.2) is 0 Å². The van der Waals surface area contributed by atoms with E-state index in [9.17, 15) is 0 Å². The normalized spacial score (nSPS) is 22.5. The van der Waals surface area contributed by atoms with E-state index < -0.39 is 0 Å². The van der Waals surface area contributed by atoms with Crippen molar-refractivity contribution in [2.75, 3.05) is 19.8 Å². The Morgan fingerprint density at radius 3 is 2.89 bits per heavy atom. The van der Waals surface area contributed by atoms with E-state index in [-0.39, 0.29) is 0 Å². The maximum absolute atomic E-state index is 5.34. The molecular formula is C15H20BrNO. The van der Waals surface area contributed by atoms with Gasteiger partial charge in [0.1, 0.15) is 0 Å². The van der Waals surface area contributed by atoms with E-state index >= 15 is 0 Å². The molecule has 0 atom stereocenters. The van der Waals surface area contributed by atoms with E-state index in [2.05, 4.69) is 52.1 Å². The zero-order chi connectivity index (χ0) is 12.8. The highest BCUT2D eigenvalue weighted by Gasteiger charge is 2.30. The first kappa shape index (κ1) is 13.8. The van der Waals surface area contributed by atoms with Crippen LogP contribution in [-0.2, 0) is 4.74 Å². The van der Waals surface area contributed by atoms with Gasteiger partial charge < -0.3 is 10.1 Å². The maximum atomic E-state index is 5.34. The fraction of sp³-hybridized carbons (Fsp3) is 0.467. The highest BCUT2D eigenvalue weighted by Crippen LogP contribution is 2.39. The Kier molecular flexibility index (Phi) is 5.42. The molecule has 18 heavy (non-hydrogen) atoms. The molecule has 0 unspecified atom stereocenters. The lowest BCUT2D eigenvalue weighted by Crippen LogP contribution is -2.41. The smallest absolute Gasteiger partial charge is 0.0645 e. The number of hydrogen-bond acceptors (Lipinski definition) is 2. The number of rotatable bonds is 7. The molecular weight excluding hydrogens is 290 g/mol. The molecule has 1 fully saturated rings. The predicted molar refractivity (Wildman–Crippen MR) is 78.9 cm³/mol. The molecule has 0 aromatic heterocycles. The molecule has 1 aromatic carbocycles. The lowest BCUT2D eigenvalue weighted by atomic mass is 9.76. The number of ether oxygens (including phenoxy) is 1. The fourth-order valence-electron chi connectivity index (χ4n) is 2.35. The molecule has 1 aliphatic carbocycles. The highest BCUT2D eigenvalue weighted by atomic mass is 79.9. The summed E-state index contributed by atoms with van der Waals surface area (Å²) in [7, 11) is 0. The predicted octanol–water partition coefficient (Wildman–Crippen LogP) is 3.49. The van der Waals surface area contributed by atoms with Gasteiger partial charge in [0.05, 0.1) is 13.2 Å².